The largest absolute Gasteiger partial charge is 0.396 e. The molecule has 1 heterocycles. The van der Waals surface area contributed by atoms with Gasteiger partial charge < -0.3 is 5.73 Å². The summed E-state index contributed by atoms with van der Waals surface area (Å²) >= 11 is 6.01. The van der Waals surface area contributed by atoms with Crippen LogP contribution in [0.3, 0.4) is 0 Å². The average molecular weight is 298 g/mol. The van der Waals surface area contributed by atoms with Gasteiger partial charge in [0.2, 0.25) is 0 Å². The van der Waals surface area contributed by atoms with E-state index in [1.54, 1.807) is 0 Å². The van der Waals surface area contributed by atoms with Crippen LogP contribution in [0.1, 0.15) is 11.1 Å². The molecule has 0 atom stereocenters. The number of aromatic nitrogens is 2. The first kappa shape index (κ1) is 13.7. The molecule has 0 aliphatic heterocycles. The Labute approximate surface area is 129 Å². The summed E-state index contributed by atoms with van der Waals surface area (Å²) in [5, 5.41) is 5.34. The van der Waals surface area contributed by atoms with Gasteiger partial charge >= 0.3 is 0 Å². The Morgan fingerprint density at radius 2 is 1.95 bits per heavy atom. The first-order chi connectivity index (χ1) is 10.1. The van der Waals surface area contributed by atoms with Crippen LogP contribution < -0.4 is 5.73 Å². The quantitative estimate of drug-likeness (QED) is 0.789. The zero-order valence-electron chi connectivity index (χ0n) is 11.8. The molecule has 0 saturated heterocycles. The molecular formula is C17H16ClN3. The van der Waals surface area contributed by atoms with E-state index in [1.165, 1.54) is 0 Å². The summed E-state index contributed by atoms with van der Waals surface area (Å²) in [7, 11) is 0. The molecule has 0 amide bonds. The van der Waals surface area contributed by atoms with Crippen LogP contribution in [0.2, 0.25) is 5.02 Å². The molecule has 0 bridgehead atoms. The molecule has 2 N–H and O–H groups in total. The van der Waals surface area contributed by atoms with Gasteiger partial charge in [0.1, 0.15) is 5.69 Å². The fraction of sp³-hybridized carbons (Fsp3) is 0.118. The molecule has 2 aromatic carbocycles. The summed E-state index contributed by atoms with van der Waals surface area (Å²) in [6.07, 6.45) is 1.86. The van der Waals surface area contributed by atoms with Crippen molar-refractivity contribution in [2.24, 2.45) is 0 Å². The second kappa shape index (κ2) is 5.62. The molecule has 1 aromatic heterocycles. The van der Waals surface area contributed by atoms with Gasteiger partial charge in [0.15, 0.2) is 0 Å². The first-order valence-electron chi connectivity index (χ1n) is 6.77. The molecular weight excluding hydrogens is 282 g/mol. The van der Waals surface area contributed by atoms with E-state index in [-0.39, 0.29) is 0 Å². The maximum Gasteiger partial charge on any atom is 0.115 e. The van der Waals surface area contributed by atoms with E-state index in [0.29, 0.717) is 12.2 Å². The Morgan fingerprint density at radius 1 is 1.14 bits per heavy atom. The van der Waals surface area contributed by atoms with E-state index in [4.69, 9.17) is 17.3 Å². The molecule has 3 nitrogen and oxygen atoms in total. The number of hydrogen-bond acceptors (Lipinski definition) is 2. The van der Waals surface area contributed by atoms with Gasteiger partial charge in [0.05, 0.1) is 12.2 Å². The zero-order valence-corrected chi connectivity index (χ0v) is 12.5. The lowest BCUT2D eigenvalue weighted by Crippen LogP contribution is -2.00. The molecule has 0 fully saturated rings. The van der Waals surface area contributed by atoms with Crippen LogP contribution in [0, 0.1) is 6.92 Å². The van der Waals surface area contributed by atoms with Gasteiger partial charge in [-0.15, -0.1) is 0 Å². The van der Waals surface area contributed by atoms with E-state index in [1.807, 2.05) is 53.3 Å². The average Bonchev–Trinajstić information content (AvgIpc) is 2.80. The van der Waals surface area contributed by atoms with Gasteiger partial charge in [-0.05, 0) is 30.2 Å². The SMILES string of the molecule is Cc1ccccc1-c1nn(Cc2cccc(Cl)c2)cc1N. The molecule has 0 saturated carbocycles. The van der Waals surface area contributed by atoms with Crippen LogP contribution in [-0.4, -0.2) is 9.78 Å². The topological polar surface area (TPSA) is 43.8 Å². The standard InChI is InChI=1S/C17H16ClN3/c1-12-5-2-3-8-15(12)17-16(19)11-21(20-17)10-13-6-4-7-14(18)9-13/h2-9,11H,10,19H2,1H3. The zero-order chi connectivity index (χ0) is 14.8. The highest BCUT2D eigenvalue weighted by Gasteiger charge is 2.10. The smallest absolute Gasteiger partial charge is 0.115 e. The van der Waals surface area contributed by atoms with Crippen LogP contribution in [0.5, 0.6) is 0 Å². The Morgan fingerprint density at radius 3 is 2.71 bits per heavy atom. The first-order valence-corrected chi connectivity index (χ1v) is 7.14. The van der Waals surface area contributed by atoms with Crippen LogP contribution in [0.4, 0.5) is 5.69 Å². The number of hydrogen-bond donors (Lipinski definition) is 1. The van der Waals surface area contributed by atoms with Crippen LogP contribution in [0.15, 0.2) is 54.7 Å². The molecule has 106 valence electrons. The van der Waals surface area contributed by atoms with Crippen LogP contribution in [0.25, 0.3) is 11.3 Å². The predicted octanol–water partition coefficient (Wildman–Crippen LogP) is 4.14. The minimum atomic E-state index is 0.649. The van der Waals surface area contributed by atoms with Crippen molar-refractivity contribution in [1.82, 2.24) is 9.78 Å². The summed E-state index contributed by atoms with van der Waals surface area (Å²) in [6, 6.07) is 15.9. The summed E-state index contributed by atoms with van der Waals surface area (Å²) in [4.78, 5) is 0. The highest BCUT2D eigenvalue weighted by atomic mass is 35.5. The lowest BCUT2D eigenvalue weighted by atomic mass is 10.1. The molecule has 0 aliphatic carbocycles. The van der Waals surface area contributed by atoms with Crippen molar-refractivity contribution < 1.29 is 0 Å². The number of anilines is 1. The van der Waals surface area contributed by atoms with Gasteiger partial charge in [0.25, 0.3) is 0 Å². The minimum Gasteiger partial charge on any atom is -0.396 e. The third-order valence-electron chi connectivity index (χ3n) is 3.42. The highest BCUT2D eigenvalue weighted by molar-refractivity contribution is 6.30. The van der Waals surface area contributed by atoms with Crippen molar-refractivity contribution in [1.29, 1.82) is 0 Å². The monoisotopic (exact) mass is 297 g/mol. The van der Waals surface area contributed by atoms with Crippen molar-refractivity contribution in [3.63, 3.8) is 0 Å². The number of rotatable bonds is 3. The third-order valence-corrected chi connectivity index (χ3v) is 3.66. The minimum absolute atomic E-state index is 0.649. The highest BCUT2D eigenvalue weighted by Crippen LogP contribution is 2.27. The van der Waals surface area contributed by atoms with Crippen LogP contribution in [-0.2, 0) is 6.54 Å². The molecule has 3 rings (SSSR count). The summed E-state index contributed by atoms with van der Waals surface area (Å²) in [5.41, 5.74) is 11.0. The molecule has 3 aromatic rings. The Bertz CT molecular complexity index is 777. The fourth-order valence-corrected chi connectivity index (χ4v) is 2.60. The van der Waals surface area contributed by atoms with Gasteiger partial charge in [-0.25, -0.2) is 0 Å². The second-order valence-corrected chi connectivity index (χ2v) is 5.51. The van der Waals surface area contributed by atoms with Crippen molar-refractivity contribution >= 4 is 17.3 Å². The lowest BCUT2D eigenvalue weighted by molar-refractivity contribution is 0.689. The van der Waals surface area contributed by atoms with Gasteiger partial charge in [0, 0.05) is 16.8 Å². The maximum absolute atomic E-state index is 6.12. The normalized spacial score (nSPS) is 10.8. The summed E-state index contributed by atoms with van der Waals surface area (Å²) < 4.78 is 1.85. The van der Waals surface area contributed by atoms with E-state index in [0.717, 1.165) is 27.4 Å². The number of halogens is 1. The Kier molecular flexibility index (Phi) is 3.67. The molecule has 0 radical (unpaired) electrons. The Balaban J connectivity index is 1.93. The van der Waals surface area contributed by atoms with Crippen molar-refractivity contribution in [2.45, 2.75) is 13.5 Å². The second-order valence-electron chi connectivity index (χ2n) is 5.08. The van der Waals surface area contributed by atoms with E-state index < -0.39 is 0 Å². The van der Waals surface area contributed by atoms with Gasteiger partial charge in [-0.3, -0.25) is 4.68 Å². The van der Waals surface area contributed by atoms with Crippen molar-refractivity contribution in [3.05, 3.63) is 70.9 Å². The van der Waals surface area contributed by atoms with Crippen molar-refractivity contribution in [2.75, 3.05) is 5.73 Å². The molecule has 0 unspecified atom stereocenters. The third kappa shape index (κ3) is 2.93. The fourth-order valence-electron chi connectivity index (χ4n) is 2.39. The molecule has 21 heavy (non-hydrogen) atoms. The molecule has 0 aliphatic rings. The summed E-state index contributed by atoms with van der Waals surface area (Å²) in [6.45, 7) is 2.71. The van der Waals surface area contributed by atoms with E-state index in [2.05, 4.69) is 18.1 Å². The number of benzene rings is 2. The molecule has 4 heteroatoms. The molecule has 0 spiro atoms. The van der Waals surface area contributed by atoms with E-state index >= 15 is 0 Å². The van der Waals surface area contributed by atoms with Crippen LogP contribution >= 0.6 is 11.6 Å². The Hall–Kier alpha value is -2.26. The lowest BCUT2D eigenvalue weighted by Gasteiger charge is -2.04. The number of aryl methyl sites for hydroxylation is 1. The van der Waals surface area contributed by atoms with E-state index in [9.17, 15) is 0 Å². The van der Waals surface area contributed by atoms with Gasteiger partial charge in [-0.2, -0.15) is 5.10 Å². The number of nitrogens with two attached hydrogens (primary N) is 1. The predicted molar refractivity (Wildman–Crippen MR) is 87.4 cm³/mol. The van der Waals surface area contributed by atoms with Crippen molar-refractivity contribution in [3.8, 4) is 11.3 Å². The van der Waals surface area contributed by atoms with Gasteiger partial charge in [-0.1, -0.05) is 48.0 Å². The number of nitrogens with zero attached hydrogens (tertiary/aromatic N) is 2. The maximum atomic E-state index is 6.12. The summed E-state index contributed by atoms with van der Waals surface area (Å²) in [5.74, 6) is 0. The number of nitrogen functional groups attached to an aromatic ring is 1.